The number of hydrogen-bond acceptors (Lipinski definition) is 5. The highest BCUT2D eigenvalue weighted by atomic mass is 16.1. The zero-order chi connectivity index (χ0) is 14.2. The van der Waals surface area contributed by atoms with Crippen molar-refractivity contribution in [3.05, 3.63) is 12.3 Å². The minimum atomic E-state index is 0.155. The zero-order valence-electron chi connectivity index (χ0n) is 12.0. The SMILES string of the molecule is CCCNc1nccc(NCCCC(=O)NC2CC2)n1. The number of rotatable bonds is 9. The topological polar surface area (TPSA) is 78.9 Å². The molecule has 1 aliphatic rings. The maximum Gasteiger partial charge on any atom is 0.224 e. The van der Waals surface area contributed by atoms with Gasteiger partial charge in [-0.05, 0) is 31.7 Å². The molecule has 0 bridgehead atoms. The zero-order valence-corrected chi connectivity index (χ0v) is 12.0. The molecule has 1 aliphatic carbocycles. The minimum absolute atomic E-state index is 0.155. The molecule has 3 N–H and O–H groups in total. The van der Waals surface area contributed by atoms with Crippen molar-refractivity contribution in [3.63, 3.8) is 0 Å². The van der Waals surface area contributed by atoms with Gasteiger partial charge in [-0.2, -0.15) is 4.98 Å². The standard InChI is InChI=1S/C14H23N5O/c1-2-8-16-14-17-10-7-12(19-14)15-9-3-4-13(20)18-11-5-6-11/h7,10-11H,2-6,8-9H2,1H3,(H,18,20)(H2,15,16,17,19). The lowest BCUT2D eigenvalue weighted by Crippen LogP contribution is -2.25. The van der Waals surface area contributed by atoms with E-state index in [9.17, 15) is 4.79 Å². The number of hydrogen-bond donors (Lipinski definition) is 3. The fourth-order valence-corrected chi connectivity index (χ4v) is 1.77. The summed E-state index contributed by atoms with van der Waals surface area (Å²) in [7, 11) is 0. The molecule has 6 nitrogen and oxygen atoms in total. The average Bonchev–Trinajstić information content (AvgIpc) is 3.26. The summed E-state index contributed by atoms with van der Waals surface area (Å²) >= 11 is 0. The van der Waals surface area contributed by atoms with E-state index in [0.29, 0.717) is 18.4 Å². The Bertz CT molecular complexity index is 433. The molecule has 0 atom stereocenters. The van der Waals surface area contributed by atoms with Gasteiger partial charge >= 0.3 is 0 Å². The van der Waals surface area contributed by atoms with Gasteiger partial charge in [0.1, 0.15) is 5.82 Å². The molecule has 20 heavy (non-hydrogen) atoms. The minimum Gasteiger partial charge on any atom is -0.370 e. The van der Waals surface area contributed by atoms with Gasteiger partial charge in [-0.1, -0.05) is 6.92 Å². The normalized spacial score (nSPS) is 13.8. The molecule has 1 saturated carbocycles. The highest BCUT2D eigenvalue weighted by Crippen LogP contribution is 2.18. The van der Waals surface area contributed by atoms with Crippen LogP contribution in [-0.2, 0) is 4.79 Å². The van der Waals surface area contributed by atoms with Gasteiger partial charge in [0.15, 0.2) is 0 Å². The molecule has 1 aromatic heterocycles. The van der Waals surface area contributed by atoms with Crippen LogP contribution < -0.4 is 16.0 Å². The van der Waals surface area contributed by atoms with Crippen LogP contribution in [0.4, 0.5) is 11.8 Å². The van der Waals surface area contributed by atoms with E-state index in [2.05, 4.69) is 32.8 Å². The lowest BCUT2D eigenvalue weighted by molar-refractivity contribution is -0.121. The Morgan fingerprint density at radius 1 is 1.35 bits per heavy atom. The summed E-state index contributed by atoms with van der Waals surface area (Å²) in [4.78, 5) is 20.0. The Balaban J connectivity index is 1.63. The van der Waals surface area contributed by atoms with E-state index in [4.69, 9.17) is 0 Å². The summed E-state index contributed by atoms with van der Waals surface area (Å²) in [6.07, 6.45) is 6.41. The van der Waals surface area contributed by atoms with Crippen molar-refractivity contribution in [3.8, 4) is 0 Å². The van der Waals surface area contributed by atoms with Gasteiger partial charge in [0.25, 0.3) is 0 Å². The number of nitrogens with one attached hydrogen (secondary N) is 3. The van der Waals surface area contributed by atoms with Crippen molar-refractivity contribution in [2.75, 3.05) is 23.7 Å². The van der Waals surface area contributed by atoms with E-state index in [1.54, 1.807) is 6.20 Å². The van der Waals surface area contributed by atoms with Crippen LogP contribution in [0.5, 0.6) is 0 Å². The Morgan fingerprint density at radius 3 is 2.95 bits per heavy atom. The molecular formula is C14H23N5O. The number of amides is 1. The second kappa shape index (κ2) is 7.67. The second-order valence-electron chi connectivity index (χ2n) is 5.06. The predicted molar refractivity (Wildman–Crippen MR) is 79.7 cm³/mol. The van der Waals surface area contributed by atoms with Crippen LogP contribution in [-0.4, -0.2) is 35.0 Å². The van der Waals surface area contributed by atoms with E-state index in [-0.39, 0.29) is 5.91 Å². The van der Waals surface area contributed by atoms with E-state index >= 15 is 0 Å². The summed E-state index contributed by atoms with van der Waals surface area (Å²) in [6, 6.07) is 2.28. The van der Waals surface area contributed by atoms with Gasteiger partial charge in [-0.3, -0.25) is 4.79 Å². The second-order valence-corrected chi connectivity index (χ2v) is 5.06. The molecule has 110 valence electrons. The first-order valence-corrected chi connectivity index (χ1v) is 7.38. The summed E-state index contributed by atoms with van der Waals surface area (Å²) in [6.45, 7) is 3.70. The highest BCUT2D eigenvalue weighted by Gasteiger charge is 2.22. The van der Waals surface area contributed by atoms with Crippen LogP contribution in [0.25, 0.3) is 0 Å². The van der Waals surface area contributed by atoms with Crippen molar-refractivity contribution in [2.45, 2.75) is 45.1 Å². The molecular weight excluding hydrogens is 254 g/mol. The Kier molecular flexibility index (Phi) is 5.58. The third-order valence-corrected chi connectivity index (χ3v) is 3.02. The molecule has 1 heterocycles. The maximum absolute atomic E-state index is 11.5. The molecule has 1 aromatic rings. The number of nitrogens with zero attached hydrogens (tertiary/aromatic N) is 2. The molecule has 0 unspecified atom stereocenters. The molecule has 6 heteroatoms. The molecule has 0 radical (unpaired) electrons. The predicted octanol–water partition coefficient (Wildman–Crippen LogP) is 1.77. The van der Waals surface area contributed by atoms with Crippen molar-refractivity contribution in [1.82, 2.24) is 15.3 Å². The first-order valence-electron chi connectivity index (χ1n) is 7.38. The summed E-state index contributed by atoms with van der Waals surface area (Å²) in [5.41, 5.74) is 0. The quantitative estimate of drug-likeness (QED) is 0.600. The lowest BCUT2D eigenvalue weighted by Gasteiger charge is -2.08. The van der Waals surface area contributed by atoms with Gasteiger partial charge in [-0.15, -0.1) is 0 Å². The van der Waals surface area contributed by atoms with Crippen LogP contribution in [0.15, 0.2) is 12.3 Å². The summed E-state index contributed by atoms with van der Waals surface area (Å²) in [5.74, 6) is 1.59. The first kappa shape index (κ1) is 14.6. The summed E-state index contributed by atoms with van der Waals surface area (Å²) < 4.78 is 0. The van der Waals surface area contributed by atoms with Crippen LogP contribution >= 0.6 is 0 Å². The maximum atomic E-state index is 11.5. The molecule has 2 rings (SSSR count). The van der Waals surface area contributed by atoms with Crippen LogP contribution in [0.2, 0.25) is 0 Å². The summed E-state index contributed by atoms with van der Waals surface area (Å²) in [5, 5.41) is 9.34. The van der Waals surface area contributed by atoms with Crippen molar-refractivity contribution < 1.29 is 4.79 Å². The molecule has 1 amide bonds. The molecule has 0 aromatic carbocycles. The van der Waals surface area contributed by atoms with Gasteiger partial charge in [0.2, 0.25) is 11.9 Å². The number of carbonyl (C=O) groups excluding carboxylic acids is 1. The smallest absolute Gasteiger partial charge is 0.224 e. The Labute approximate surface area is 119 Å². The monoisotopic (exact) mass is 277 g/mol. The van der Waals surface area contributed by atoms with Crippen LogP contribution in [0.1, 0.15) is 39.0 Å². The number of carbonyl (C=O) groups is 1. The third kappa shape index (κ3) is 5.42. The van der Waals surface area contributed by atoms with Crippen molar-refractivity contribution in [2.24, 2.45) is 0 Å². The van der Waals surface area contributed by atoms with Gasteiger partial charge in [-0.25, -0.2) is 4.98 Å². The molecule has 0 spiro atoms. The molecule has 1 fully saturated rings. The average molecular weight is 277 g/mol. The van der Waals surface area contributed by atoms with Gasteiger partial charge in [0.05, 0.1) is 0 Å². The Hall–Kier alpha value is -1.85. The highest BCUT2D eigenvalue weighted by molar-refractivity contribution is 5.76. The number of aromatic nitrogens is 2. The fraction of sp³-hybridized carbons (Fsp3) is 0.643. The van der Waals surface area contributed by atoms with Gasteiger partial charge in [0, 0.05) is 31.7 Å². The van der Waals surface area contributed by atoms with Crippen LogP contribution in [0, 0.1) is 0 Å². The number of anilines is 2. The largest absolute Gasteiger partial charge is 0.370 e. The van der Waals surface area contributed by atoms with E-state index in [1.165, 1.54) is 0 Å². The van der Waals surface area contributed by atoms with Crippen molar-refractivity contribution >= 4 is 17.7 Å². The third-order valence-electron chi connectivity index (χ3n) is 3.02. The van der Waals surface area contributed by atoms with E-state index < -0.39 is 0 Å². The van der Waals surface area contributed by atoms with E-state index in [0.717, 1.165) is 44.6 Å². The van der Waals surface area contributed by atoms with E-state index in [1.807, 2.05) is 6.07 Å². The van der Waals surface area contributed by atoms with Crippen LogP contribution in [0.3, 0.4) is 0 Å². The Morgan fingerprint density at radius 2 is 2.20 bits per heavy atom. The molecule has 0 saturated heterocycles. The van der Waals surface area contributed by atoms with Gasteiger partial charge < -0.3 is 16.0 Å². The van der Waals surface area contributed by atoms with Crippen molar-refractivity contribution in [1.29, 1.82) is 0 Å². The first-order chi connectivity index (χ1) is 9.78. The molecule has 0 aliphatic heterocycles. The fourth-order valence-electron chi connectivity index (χ4n) is 1.77. The lowest BCUT2D eigenvalue weighted by atomic mass is 10.3.